The predicted molar refractivity (Wildman–Crippen MR) is 61.9 cm³/mol. The Labute approximate surface area is 103 Å². The van der Waals surface area contributed by atoms with Crippen LogP contribution in [0.3, 0.4) is 0 Å². The second-order valence-corrected chi connectivity index (χ2v) is 5.47. The van der Waals surface area contributed by atoms with Crippen molar-refractivity contribution in [2.75, 3.05) is 0 Å². The van der Waals surface area contributed by atoms with Crippen LogP contribution in [0.5, 0.6) is 0 Å². The number of hydrogen-bond donors (Lipinski definition) is 1. The summed E-state index contributed by atoms with van der Waals surface area (Å²) in [6.07, 6.45) is 2.72. The Bertz CT molecular complexity index is 692. The Morgan fingerprint density at radius 2 is 2.11 bits per heavy atom. The number of nitrogens with one attached hydrogen (secondary N) is 1. The number of hydrogen-bond acceptors (Lipinski definition) is 5. The first-order valence-corrected chi connectivity index (χ1v) is 6.41. The minimum absolute atomic E-state index is 0.0273. The molecule has 0 bridgehead atoms. The van der Waals surface area contributed by atoms with Gasteiger partial charge in [0, 0.05) is 24.0 Å². The average molecular weight is 267 g/mol. The third kappa shape index (κ3) is 1.97. The summed E-state index contributed by atoms with van der Waals surface area (Å²) in [5.41, 5.74) is 0.168. The van der Waals surface area contributed by atoms with Gasteiger partial charge < -0.3 is 4.98 Å². The number of sulfone groups is 1. The molecule has 94 valence electrons. The molecule has 18 heavy (non-hydrogen) atoms. The molecule has 0 atom stereocenters. The Morgan fingerprint density at radius 1 is 1.39 bits per heavy atom. The number of imidazole rings is 1. The molecule has 0 spiro atoms. The molecule has 0 aliphatic heterocycles. The molecule has 7 nitrogen and oxygen atoms in total. The van der Waals surface area contributed by atoms with Gasteiger partial charge in [0.05, 0.1) is 9.82 Å². The molecule has 8 heteroatoms. The lowest BCUT2D eigenvalue weighted by Crippen LogP contribution is -2.05. The molecule has 0 aliphatic carbocycles. The van der Waals surface area contributed by atoms with Crippen LogP contribution in [0.25, 0.3) is 0 Å². The van der Waals surface area contributed by atoms with Crippen LogP contribution in [0, 0.1) is 17.0 Å². The summed E-state index contributed by atoms with van der Waals surface area (Å²) in [6, 6.07) is 3.63. The van der Waals surface area contributed by atoms with Gasteiger partial charge in [-0.1, -0.05) is 0 Å². The van der Waals surface area contributed by atoms with Gasteiger partial charge in [0.2, 0.25) is 15.0 Å². The summed E-state index contributed by atoms with van der Waals surface area (Å²) in [5.74, 6) is 0. The lowest BCUT2D eigenvalue weighted by atomic mass is 10.2. The van der Waals surface area contributed by atoms with Gasteiger partial charge in [0.15, 0.2) is 0 Å². The van der Waals surface area contributed by atoms with E-state index in [0.717, 1.165) is 0 Å². The van der Waals surface area contributed by atoms with E-state index in [-0.39, 0.29) is 21.3 Å². The SMILES string of the molecule is Cc1cc(S(=O)(=O)c2ncc[nH]2)ccc1[N+](=O)[O-]. The van der Waals surface area contributed by atoms with Crippen molar-refractivity contribution in [3.8, 4) is 0 Å². The molecule has 0 amide bonds. The zero-order valence-electron chi connectivity index (χ0n) is 9.32. The molecule has 0 fully saturated rings. The van der Waals surface area contributed by atoms with E-state index >= 15 is 0 Å². The highest BCUT2D eigenvalue weighted by Gasteiger charge is 2.22. The Hall–Kier alpha value is -2.22. The number of aryl methyl sites for hydroxylation is 1. The van der Waals surface area contributed by atoms with Crippen LogP contribution < -0.4 is 0 Å². The van der Waals surface area contributed by atoms with Gasteiger partial charge in [-0.3, -0.25) is 10.1 Å². The molecule has 1 aromatic carbocycles. The van der Waals surface area contributed by atoms with Crippen LogP contribution in [-0.4, -0.2) is 23.3 Å². The van der Waals surface area contributed by atoms with Crippen LogP contribution in [0.15, 0.2) is 40.6 Å². The lowest BCUT2D eigenvalue weighted by Gasteiger charge is -2.03. The minimum atomic E-state index is -3.75. The standard InChI is InChI=1S/C10H9N3O4S/c1-7-6-8(2-3-9(7)13(14)15)18(16,17)10-11-4-5-12-10/h2-6H,1H3,(H,11,12). The monoisotopic (exact) mass is 267 g/mol. The zero-order valence-corrected chi connectivity index (χ0v) is 10.1. The fraction of sp³-hybridized carbons (Fsp3) is 0.100. The van der Waals surface area contributed by atoms with Crippen LogP contribution >= 0.6 is 0 Å². The van der Waals surface area contributed by atoms with Gasteiger partial charge in [0.1, 0.15) is 0 Å². The number of benzene rings is 1. The van der Waals surface area contributed by atoms with E-state index in [1.54, 1.807) is 0 Å². The maximum atomic E-state index is 12.1. The summed E-state index contributed by atoms with van der Waals surface area (Å²) < 4.78 is 24.1. The summed E-state index contributed by atoms with van der Waals surface area (Å²) in [7, 11) is -3.75. The quantitative estimate of drug-likeness (QED) is 0.669. The third-order valence-corrected chi connectivity index (χ3v) is 4.01. The van der Waals surface area contributed by atoms with Crippen molar-refractivity contribution in [3.05, 3.63) is 46.3 Å². The topological polar surface area (TPSA) is 106 Å². The van der Waals surface area contributed by atoms with Gasteiger partial charge in [-0.25, -0.2) is 13.4 Å². The molecule has 2 aromatic rings. The molecule has 0 radical (unpaired) electrons. The lowest BCUT2D eigenvalue weighted by molar-refractivity contribution is -0.385. The van der Waals surface area contributed by atoms with Crippen molar-refractivity contribution in [2.45, 2.75) is 17.0 Å². The van der Waals surface area contributed by atoms with Crippen molar-refractivity contribution in [2.24, 2.45) is 0 Å². The molecular formula is C10H9N3O4S. The highest BCUT2D eigenvalue weighted by atomic mass is 32.2. The van der Waals surface area contributed by atoms with Crippen molar-refractivity contribution in [3.63, 3.8) is 0 Å². The first-order chi connectivity index (χ1) is 8.43. The van der Waals surface area contributed by atoms with Crippen molar-refractivity contribution in [1.82, 2.24) is 9.97 Å². The van der Waals surface area contributed by atoms with Gasteiger partial charge >= 0.3 is 0 Å². The Kier molecular flexibility index (Phi) is 2.87. The summed E-state index contributed by atoms with van der Waals surface area (Å²) in [5, 5.41) is 10.5. The molecule has 0 aliphatic rings. The van der Waals surface area contributed by atoms with Crippen LogP contribution in [0.4, 0.5) is 5.69 Å². The van der Waals surface area contributed by atoms with Gasteiger partial charge in [0.25, 0.3) is 5.69 Å². The maximum Gasteiger partial charge on any atom is 0.272 e. The molecule has 0 saturated carbocycles. The normalized spacial score (nSPS) is 11.4. The number of rotatable bonds is 3. The summed E-state index contributed by atoms with van der Waals surface area (Å²) in [6.45, 7) is 1.49. The first-order valence-electron chi connectivity index (χ1n) is 4.92. The van der Waals surface area contributed by atoms with Crippen LogP contribution in [0.1, 0.15) is 5.56 Å². The first kappa shape index (κ1) is 12.2. The highest BCUT2D eigenvalue weighted by Crippen LogP contribution is 2.24. The molecule has 0 unspecified atom stereocenters. The van der Waals surface area contributed by atoms with Crippen molar-refractivity contribution >= 4 is 15.5 Å². The van der Waals surface area contributed by atoms with E-state index < -0.39 is 14.8 Å². The van der Waals surface area contributed by atoms with E-state index in [1.165, 1.54) is 37.5 Å². The van der Waals surface area contributed by atoms with E-state index in [2.05, 4.69) is 9.97 Å². The van der Waals surface area contributed by atoms with Crippen molar-refractivity contribution in [1.29, 1.82) is 0 Å². The van der Waals surface area contributed by atoms with E-state index in [1.807, 2.05) is 0 Å². The molecule has 0 saturated heterocycles. The third-order valence-electron chi connectivity index (χ3n) is 2.40. The molecule has 1 heterocycles. The van der Waals surface area contributed by atoms with Gasteiger partial charge in [-0.05, 0) is 19.1 Å². The fourth-order valence-electron chi connectivity index (χ4n) is 1.51. The molecule has 1 aromatic heterocycles. The van der Waals surface area contributed by atoms with Crippen LogP contribution in [-0.2, 0) is 9.84 Å². The minimum Gasteiger partial charge on any atom is -0.335 e. The van der Waals surface area contributed by atoms with Gasteiger partial charge in [-0.2, -0.15) is 0 Å². The van der Waals surface area contributed by atoms with Crippen LogP contribution in [0.2, 0.25) is 0 Å². The largest absolute Gasteiger partial charge is 0.335 e. The second-order valence-electron chi connectivity index (χ2n) is 3.60. The molecular weight excluding hydrogens is 258 g/mol. The number of nitro benzene ring substituents is 1. The fourth-order valence-corrected chi connectivity index (χ4v) is 2.73. The summed E-state index contributed by atoms with van der Waals surface area (Å²) >= 11 is 0. The zero-order chi connectivity index (χ0) is 13.3. The molecule has 1 N–H and O–H groups in total. The number of nitrogens with zero attached hydrogens (tertiary/aromatic N) is 2. The predicted octanol–water partition coefficient (Wildman–Crippen LogP) is 1.46. The van der Waals surface area contributed by atoms with E-state index in [4.69, 9.17) is 0 Å². The number of aromatic amines is 1. The summed E-state index contributed by atoms with van der Waals surface area (Å²) in [4.78, 5) is 16.2. The number of aromatic nitrogens is 2. The Balaban J connectivity index is 2.54. The van der Waals surface area contributed by atoms with Gasteiger partial charge in [-0.15, -0.1) is 0 Å². The van der Waals surface area contributed by atoms with E-state index in [0.29, 0.717) is 0 Å². The van der Waals surface area contributed by atoms with E-state index in [9.17, 15) is 18.5 Å². The second kappa shape index (κ2) is 4.22. The molecule has 2 rings (SSSR count). The Morgan fingerprint density at radius 3 is 2.61 bits per heavy atom. The smallest absolute Gasteiger partial charge is 0.272 e. The maximum absolute atomic E-state index is 12.1. The average Bonchev–Trinajstić information content (AvgIpc) is 2.82. The number of nitro groups is 1. The highest BCUT2D eigenvalue weighted by molar-refractivity contribution is 7.91. The van der Waals surface area contributed by atoms with Crippen molar-refractivity contribution < 1.29 is 13.3 Å². The number of H-pyrrole nitrogens is 1.